The van der Waals surface area contributed by atoms with Crippen LogP contribution in [0.4, 0.5) is 0 Å². The van der Waals surface area contributed by atoms with Crippen molar-refractivity contribution in [2.45, 2.75) is 141 Å². The fourth-order valence-corrected chi connectivity index (χ4v) is 4.72. The van der Waals surface area contributed by atoms with E-state index in [1.165, 1.54) is 6.92 Å². The van der Waals surface area contributed by atoms with Gasteiger partial charge in [-0.15, -0.1) is 0 Å². The molecule has 0 saturated carbocycles. The van der Waals surface area contributed by atoms with Crippen molar-refractivity contribution in [3.8, 4) is 0 Å². The Morgan fingerprint density at radius 2 is 0.977 bits per heavy atom. The maximum Gasteiger partial charge on any atom is 0.326 e. The molecule has 0 aliphatic carbocycles. The highest BCUT2D eigenvalue weighted by molar-refractivity contribution is 5.87. The van der Waals surface area contributed by atoms with E-state index in [-0.39, 0.29) is 57.1 Å². The standard InChI is InChI=1S/C31H51NO11/c1-22(29(38)39)20-25(34)17-18-26(31(42)43)32-27(35)19-16-23(30(40)41)21-24(33)14-12-10-8-6-4-2-3-5-7-9-11-13-15-28(36)37/h22-23,26H,2-21H2,1H3,(H,32,35)(H,36,37)(H,38,39)(H,40,41)(H,42,43)/t22-,23-,26+/m1/s1. The quantitative estimate of drug-likeness (QED) is 0.0708. The van der Waals surface area contributed by atoms with Crippen LogP contribution in [-0.2, 0) is 33.6 Å². The molecule has 43 heavy (non-hydrogen) atoms. The second kappa shape index (κ2) is 24.2. The molecule has 0 unspecified atom stereocenters. The molecule has 0 fully saturated rings. The van der Waals surface area contributed by atoms with Crippen molar-refractivity contribution in [3.05, 3.63) is 0 Å². The lowest BCUT2D eigenvalue weighted by Crippen LogP contribution is -2.41. The summed E-state index contributed by atoms with van der Waals surface area (Å²) in [5, 5.41) is 38.6. The number of carbonyl (C=O) groups is 7. The fourth-order valence-electron chi connectivity index (χ4n) is 4.72. The zero-order valence-corrected chi connectivity index (χ0v) is 25.5. The van der Waals surface area contributed by atoms with E-state index in [9.17, 15) is 43.8 Å². The van der Waals surface area contributed by atoms with Crippen LogP contribution in [0, 0.1) is 11.8 Å². The third-order valence-corrected chi connectivity index (χ3v) is 7.44. The van der Waals surface area contributed by atoms with E-state index in [1.54, 1.807) is 0 Å². The van der Waals surface area contributed by atoms with Crippen LogP contribution in [0.5, 0.6) is 0 Å². The fraction of sp³-hybridized carbons (Fsp3) is 0.774. The van der Waals surface area contributed by atoms with E-state index < -0.39 is 53.4 Å². The molecule has 0 aliphatic rings. The first-order valence-electron chi connectivity index (χ1n) is 15.6. The molecule has 0 bridgehead atoms. The molecule has 0 aliphatic heterocycles. The van der Waals surface area contributed by atoms with Crippen molar-refractivity contribution in [2.75, 3.05) is 0 Å². The summed E-state index contributed by atoms with van der Waals surface area (Å²) in [6.45, 7) is 1.37. The van der Waals surface area contributed by atoms with Crippen LogP contribution in [-0.4, -0.2) is 67.8 Å². The summed E-state index contributed by atoms with van der Waals surface area (Å²) in [5.41, 5.74) is 0. The van der Waals surface area contributed by atoms with E-state index in [1.807, 2.05) is 0 Å². The van der Waals surface area contributed by atoms with Crippen molar-refractivity contribution in [1.29, 1.82) is 0 Å². The van der Waals surface area contributed by atoms with Gasteiger partial charge in [-0.05, 0) is 25.7 Å². The molecule has 0 spiro atoms. The van der Waals surface area contributed by atoms with Crippen molar-refractivity contribution in [2.24, 2.45) is 11.8 Å². The Labute approximate surface area is 254 Å². The number of carboxylic acids is 4. The van der Waals surface area contributed by atoms with E-state index >= 15 is 0 Å². The van der Waals surface area contributed by atoms with Gasteiger partial charge in [0.05, 0.1) is 11.8 Å². The van der Waals surface area contributed by atoms with Gasteiger partial charge in [0.15, 0.2) is 0 Å². The predicted octanol–water partition coefficient (Wildman–Crippen LogP) is 5.00. The summed E-state index contributed by atoms with van der Waals surface area (Å²) in [4.78, 5) is 80.9. The van der Waals surface area contributed by atoms with Gasteiger partial charge in [0.2, 0.25) is 5.91 Å². The Hall–Kier alpha value is -3.31. The number of carbonyl (C=O) groups excluding carboxylic acids is 3. The van der Waals surface area contributed by atoms with Gasteiger partial charge < -0.3 is 25.7 Å². The van der Waals surface area contributed by atoms with Gasteiger partial charge in [0, 0.05) is 38.5 Å². The Bertz CT molecular complexity index is 902. The number of amides is 1. The van der Waals surface area contributed by atoms with Gasteiger partial charge in [0.25, 0.3) is 0 Å². The Kier molecular flexibility index (Phi) is 22.3. The van der Waals surface area contributed by atoms with E-state index in [0.29, 0.717) is 6.42 Å². The van der Waals surface area contributed by atoms with Crippen molar-refractivity contribution < 1.29 is 54.0 Å². The molecule has 3 atom stereocenters. The second-order valence-corrected chi connectivity index (χ2v) is 11.4. The van der Waals surface area contributed by atoms with E-state index in [4.69, 9.17) is 10.2 Å². The van der Waals surface area contributed by atoms with Crippen molar-refractivity contribution in [1.82, 2.24) is 5.32 Å². The lowest BCUT2D eigenvalue weighted by Gasteiger charge is -2.16. The van der Waals surface area contributed by atoms with Crippen LogP contribution in [0.2, 0.25) is 0 Å². The Morgan fingerprint density at radius 1 is 0.512 bits per heavy atom. The predicted molar refractivity (Wildman–Crippen MR) is 157 cm³/mol. The van der Waals surface area contributed by atoms with Gasteiger partial charge >= 0.3 is 23.9 Å². The monoisotopic (exact) mass is 613 g/mol. The Balaban J connectivity index is 4.14. The minimum absolute atomic E-state index is 0.128. The number of aliphatic carboxylic acids is 4. The Morgan fingerprint density at radius 3 is 1.42 bits per heavy atom. The molecule has 246 valence electrons. The smallest absolute Gasteiger partial charge is 0.326 e. The number of Topliss-reactive ketones (excluding diaryl/α,β-unsaturated/α-hetero) is 2. The molecule has 0 aromatic rings. The third-order valence-electron chi connectivity index (χ3n) is 7.44. The van der Waals surface area contributed by atoms with Crippen molar-refractivity contribution >= 4 is 41.4 Å². The maximum absolute atomic E-state index is 12.3. The summed E-state index contributed by atoms with van der Waals surface area (Å²) in [5.74, 6) is -7.72. The SMILES string of the molecule is C[C@H](CC(=O)CC[C@H](NC(=O)CC[C@H](CC(=O)CCCCCCCCCCCCCCC(=O)O)C(=O)O)C(=O)O)C(=O)O. The van der Waals surface area contributed by atoms with E-state index in [2.05, 4.69) is 5.32 Å². The molecule has 12 nitrogen and oxygen atoms in total. The highest BCUT2D eigenvalue weighted by atomic mass is 16.4. The maximum atomic E-state index is 12.3. The molecular weight excluding hydrogens is 562 g/mol. The first-order chi connectivity index (χ1) is 20.3. The molecule has 0 aromatic carbocycles. The van der Waals surface area contributed by atoms with Gasteiger partial charge in [0.1, 0.15) is 17.6 Å². The average Bonchev–Trinajstić information content (AvgIpc) is 2.92. The summed E-state index contributed by atoms with van der Waals surface area (Å²) in [7, 11) is 0. The van der Waals surface area contributed by atoms with Crippen LogP contribution < -0.4 is 5.32 Å². The lowest BCUT2D eigenvalue weighted by atomic mass is 9.94. The number of hydrogen-bond donors (Lipinski definition) is 5. The van der Waals surface area contributed by atoms with Crippen LogP contribution >= 0.6 is 0 Å². The van der Waals surface area contributed by atoms with Gasteiger partial charge in [-0.25, -0.2) is 4.79 Å². The van der Waals surface area contributed by atoms with Crippen LogP contribution in [0.15, 0.2) is 0 Å². The van der Waals surface area contributed by atoms with Crippen LogP contribution in [0.25, 0.3) is 0 Å². The first kappa shape index (κ1) is 39.7. The molecule has 1 amide bonds. The van der Waals surface area contributed by atoms with Crippen molar-refractivity contribution in [3.63, 3.8) is 0 Å². The number of rotatable bonds is 29. The van der Waals surface area contributed by atoms with Gasteiger partial charge in [-0.2, -0.15) is 0 Å². The minimum Gasteiger partial charge on any atom is -0.481 e. The summed E-state index contributed by atoms with van der Waals surface area (Å²) in [6, 6.07) is -1.37. The number of carboxylic acid groups (broad SMARTS) is 4. The van der Waals surface area contributed by atoms with Gasteiger partial charge in [-0.1, -0.05) is 71.1 Å². The highest BCUT2D eigenvalue weighted by Gasteiger charge is 2.25. The summed E-state index contributed by atoms with van der Waals surface area (Å²) < 4.78 is 0. The molecule has 0 rings (SSSR count). The lowest BCUT2D eigenvalue weighted by molar-refractivity contribution is -0.145. The first-order valence-corrected chi connectivity index (χ1v) is 15.6. The number of ketones is 2. The highest BCUT2D eigenvalue weighted by Crippen LogP contribution is 2.17. The zero-order chi connectivity index (χ0) is 32.6. The number of nitrogens with one attached hydrogen (secondary N) is 1. The zero-order valence-electron chi connectivity index (χ0n) is 25.5. The van der Waals surface area contributed by atoms with Crippen LogP contribution in [0.1, 0.15) is 135 Å². The number of hydrogen-bond acceptors (Lipinski definition) is 7. The molecule has 5 N–H and O–H groups in total. The third kappa shape index (κ3) is 22.9. The minimum atomic E-state index is -1.37. The normalized spacial score (nSPS) is 13.0. The average molecular weight is 614 g/mol. The summed E-state index contributed by atoms with van der Waals surface area (Å²) in [6.07, 6.45) is 11.3. The topological polar surface area (TPSA) is 212 Å². The molecule has 0 radical (unpaired) electrons. The number of unbranched alkanes of at least 4 members (excludes halogenated alkanes) is 11. The molecule has 0 heterocycles. The molecule has 0 saturated heterocycles. The van der Waals surface area contributed by atoms with Gasteiger partial charge in [-0.3, -0.25) is 28.8 Å². The molecule has 12 heteroatoms. The summed E-state index contributed by atoms with van der Waals surface area (Å²) >= 11 is 0. The molecule has 0 aromatic heterocycles. The largest absolute Gasteiger partial charge is 0.481 e. The van der Waals surface area contributed by atoms with Crippen LogP contribution in [0.3, 0.4) is 0 Å². The molecular formula is C31H51NO11. The van der Waals surface area contributed by atoms with E-state index in [0.717, 1.165) is 70.6 Å². The second-order valence-electron chi connectivity index (χ2n) is 11.4.